The molecule has 4 rings (SSSR count). The van der Waals surface area contributed by atoms with Crippen LogP contribution in [0.15, 0.2) is 59.9 Å². The first kappa shape index (κ1) is 18.2. The number of nitrogens with one attached hydrogen (secondary N) is 1. The van der Waals surface area contributed by atoms with Gasteiger partial charge in [0.2, 0.25) is 12.7 Å². The first-order valence-corrected chi connectivity index (χ1v) is 9.71. The Morgan fingerprint density at radius 2 is 2.04 bits per heavy atom. The Kier molecular flexibility index (Phi) is 5.12. The zero-order valence-corrected chi connectivity index (χ0v) is 16.1. The van der Waals surface area contributed by atoms with Crippen LogP contribution in [0.4, 0.5) is 0 Å². The molecule has 1 aliphatic rings. The van der Waals surface area contributed by atoms with Gasteiger partial charge in [0, 0.05) is 12.1 Å². The molecule has 0 saturated heterocycles. The van der Waals surface area contributed by atoms with Gasteiger partial charge in [-0.3, -0.25) is 4.79 Å². The number of nitrogens with two attached hydrogens (primary N) is 1. The molecule has 2 heterocycles. The highest BCUT2D eigenvalue weighted by Crippen LogP contribution is 2.32. The Morgan fingerprint density at radius 3 is 2.86 bits per heavy atom. The van der Waals surface area contributed by atoms with Crippen molar-refractivity contribution >= 4 is 17.7 Å². The molecule has 1 amide bonds. The molecule has 28 heavy (non-hydrogen) atoms. The Hall–Kier alpha value is -3.13. The third-order valence-electron chi connectivity index (χ3n) is 4.32. The number of amides is 1. The summed E-state index contributed by atoms with van der Waals surface area (Å²) in [4.78, 5) is 17.0. The quantitative estimate of drug-likeness (QED) is 0.492. The molecule has 1 aliphatic heterocycles. The van der Waals surface area contributed by atoms with Crippen LogP contribution in [0.2, 0.25) is 0 Å². The van der Waals surface area contributed by atoms with Crippen LogP contribution in [-0.4, -0.2) is 27.6 Å². The fourth-order valence-corrected chi connectivity index (χ4v) is 3.64. The summed E-state index contributed by atoms with van der Waals surface area (Å²) in [6.45, 7) is 2.47. The molecule has 8 heteroatoms. The summed E-state index contributed by atoms with van der Waals surface area (Å²) in [5, 5.41) is 3.18. The highest BCUT2D eigenvalue weighted by atomic mass is 32.2. The van der Waals surface area contributed by atoms with Crippen molar-refractivity contribution < 1.29 is 14.3 Å². The molecule has 144 valence electrons. The topological polar surface area (TPSA) is 91.4 Å². The van der Waals surface area contributed by atoms with Gasteiger partial charge in [-0.05, 0) is 24.6 Å². The van der Waals surface area contributed by atoms with Crippen LogP contribution in [0.25, 0.3) is 11.3 Å². The lowest BCUT2D eigenvalue weighted by Gasteiger charge is -2.11. The van der Waals surface area contributed by atoms with Gasteiger partial charge in [0.25, 0.3) is 0 Å². The number of rotatable bonds is 6. The van der Waals surface area contributed by atoms with Crippen LogP contribution in [0.5, 0.6) is 11.5 Å². The lowest BCUT2D eigenvalue weighted by molar-refractivity contribution is -0.120. The zero-order valence-electron chi connectivity index (χ0n) is 15.3. The number of hydrogen-bond donors (Lipinski definition) is 2. The fraction of sp³-hybridized carbons (Fsp3) is 0.200. The third kappa shape index (κ3) is 3.91. The van der Waals surface area contributed by atoms with Crippen LogP contribution in [-0.2, 0) is 11.3 Å². The van der Waals surface area contributed by atoms with E-state index in [1.54, 1.807) is 6.20 Å². The summed E-state index contributed by atoms with van der Waals surface area (Å²) in [6, 6.07) is 15.4. The molecule has 0 spiro atoms. The smallest absolute Gasteiger partial charge is 0.233 e. The maximum absolute atomic E-state index is 12.5. The third-order valence-corrected chi connectivity index (χ3v) is 5.40. The molecule has 3 aromatic rings. The van der Waals surface area contributed by atoms with E-state index >= 15 is 0 Å². The highest BCUT2D eigenvalue weighted by molar-refractivity contribution is 8.00. The van der Waals surface area contributed by atoms with Gasteiger partial charge in [-0.25, -0.2) is 9.66 Å². The molecular formula is C20H20N4O3S. The molecule has 0 saturated carbocycles. The van der Waals surface area contributed by atoms with Gasteiger partial charge in [0.15, 0.2) is 16.7 Å². The normalized spacial score (nSPS) is 13.3. The number of ether oxygens (including phenoxy) is 2. The highest BCUT2D eigenvalue weighted by Gasteiger charge is 2.19. The van der Waals surface area contributed by atoms with E-state index in [1.165, 1.54) is 16.4 Å². The Bertz CT molecular complexity index is 990. The largest absolute Gasteiger partial charge is 0.454 e. The molecule has 1 unspecified atom stereocenters. The van der Waals surface area contributed by atoms with E-state index in [2.05, 4.69) is 10.3 Å². The first-order chi connectivity index (χ1) is 13.6. The van der Waals surface area contributed by atoms with Gasteiger partial charge in [-0.2, -0.15) is 0 Å². The maximum atomic E-state index is 12.5. The monoisotopic (exact) mass is 396 g/mol. The second kappa shape index (κ2) is 7.85. The molecule has 0 aliphatic carbocycles. The zero-order chi connectivity index (χ0) is 19.5. The van der Waals surface area contributed by atoms with E-state index in [9.17, 15) is 4.79 Å². The minimum absolute atomic E-state index is 0.0908. The fourth-order valence-electron chi connectivity index (χ4n) is 2.81. The van der Waals surface area contributed by atoms with E-state index < -0.39 is 0 Å². The van der Waals surface area contributed by atoms with E-state index in [0.29, 0.717) is 17.5 Å². The predicted octanol–water partition coefficient (Wildman–Crippen LogP) is 2.79. The maximum Gasteiger partial charge on any atom is 0.233 e. The van der Waals surface area contributed by atoms with Crippen molar-refractivity contribution in [2.24, 2.45) is 0 Å². The number of benzene rings is 2. The average molecular weight is 396 g/mol. The summed E-state index contributed by atoms with van der Waals surface area (Å²) in [6.07, 6.45) is 1.76. The SMILES string of the molecule is CC(Sc1nc(-c2ccccc2)cn1N)C(=O)NCc1ccc2c(c1)OCO2. The number of hydrogen-bond acceptors (Lipinski definition) is 6. The minimum atomic E-state index is -0.345. The average Bonchev–Trinajstić information content (AvgIpc) is 3.33. The van der Waals surface area contributed by atoms with Crippen LogP contribution in [0, 0.1) is 0 Å². The standard InChI is InChI=1S/C20H20N4O3S/c1-13(19(25)22-10-14-7-8-17-18(9-14)27-12-26-17)28-20-23-16(11-24(20)21)15-5-3-2-4-6-15/h2-9,11,13H,10,12,21H2,1H3,(H,22,25). The molecule has 0 fully saturated rings. The van der Waals surface area contributed by atoms with E-state index in [4.69, 9.17) is 15.3 Å². The Balaban J connectivity index is 1.36. The van der Waals surface area contributed by atoms with Crippen LogP contribution < -0.4 is 20.6 Å². The Morgan fingerprint density at radius 1 is 1.25 bits per heavy atom. The van der Waals surface area contributed by atoms with Crippen LogP contribution in [0.3, 0.4) is 0 Å². The lowest BCUT2D eigenvalue weighted by Crippen LogP contribution is -2.30. The summed E-state index contributed by atoms with van der Waals surface area (Å²) in [5.41, 5.74) is 2.70. The van der Waals surface area contributed by atoms with Crippen molar-refractivity contribution in [2.45, 2.75) is 23.9 Å². The van der Waals surface area contributed by atoms with Gasteiger partial charge in [0.1, 0.15) is 0 Å². The second-order valence-electron chi connectivity index (χ2n) is 6.35. The van der Waals surface area contributed by atoms with E-state index in [1.807, 2.05) is 55.5 Å². The number of aromatic nitrogens is 2. The lowest BCUT2D eigenvalue weighted by atomic mass is 10.2. The van der Waals surface area contributed by atoms with Gasteiger partial charge >= 0.3 is 0 Å². The van der Waals surface area contributed by atoms with Crippen molar-refractivity contribution in [3.63, 3.8) is 0 Å². The minimum Gasteiger partial charge on any atom is -0.454 e. The molecular weight excluding hydrogens is 376 g/mol. The van der Waals surface area contributed by atoms with Gasteiger partial charge < -0.3 is 20.6 Å². The molecule has 1 aromatic heterocycles. The molecule has 0 bridgehead atoms. The first-order valence-electron chi connectivity index (χ1n) is 8.83. The van der Waals surface area contributed by atoms with Crippen molar-refractivity contribution in [1.82, 2.24) is 15.0 Å². The van der Waals surface area contributed by atoms with Crippen molar-refractivity contribution in [2.75, 3.05) is 12.6 Å². The molecule has 3 N–H and O–H groups in total. The van der Waals surface area contributed by atoms with Gasteiger partial charge in [-0.15, -0.1) is 0 Å². The van der Waals surface area contributed by atoms with Crippen molar-refractivity contribution in [3.8, 4) is 22.8 Å². The molecule has 2 aromatic carbocycles. The van der Waals surface area contributed by atoms with Gasteiger partial charge in [0.05, 0.1) is 17.1 Å². The summed E-state index contributed by atoms with van der Waals surface area (Å²) < 4.78 is 12.1. The Labute approximate surface area is 166 Å². The summed E-state index contributed by atoms with van der Waals surface area (Å²) >= 11 is 1.32. The second-order valence-corrected chi connectivity index (χ2v) is 7.66. The number of fused-ring (bicyclic) bond motifs is 1. The van der Waals surface area contributed by atoms with E-state index in [-0.39, 0.29) is 18.0 Å². The van der Waals surface area contributed by atoms with E-state index in [0.717, 1.165) is 22.6 Å². The van der Waals surface area contributed by atoms with Crippen LogP contribution in [0.1, 0.15) is 12.5 Å². The van der Waals surface area contributed by atoms with Crippen LogP contribution >= 0.6 is 11.8 Å². The molecule has 0 radical (unpaired) electrons. The van der Waals surface area contributed by atoms with Crippen molar-refractivity contribution in [3.05, 3.63) is 60.3 Å². The number of thioether (sulfide) groups is 1. The molecule has 1 atom stereocenters. The molecule has 7 nitrogen and oxygen atoms in total. The number of nitrogens with zero attached hydrogens (tertiary/aromatic N) is 2. The number of nitrogen functional groups attached to an aromatic ring is 1. The number of carbonyl (C=O) groups is 1. The number of carbonyl (C=O) groups excluding carboxylic acids is 1. The summed E-state index contributed by atoms with van der Waals surface area (Å²) in [7, 11) is 0. The predicted molar refractivity (Wildman–Crippen MR) is 108 cm³/mol. The number of imidazole rings is 1. The summed E-state index contributed by atoms with van der Waals surface area (Å²) in [5.74, 6) is 7.36. The van der Waals surface area contributed by atoms with Gasteiger partial charge in [-0.1, -0.05) is 48.2 Å². The van der Waals surface area contributed by atoms with Crippen molar-refractivity contribution in [1.29, 1.82) is 0 Å².